The van der Waals surface area contributed by atoms with E-state index in [4.69, 9.17) is 16.8 Å². The van der Waals surface area contributed by atoms with Crippen LogP contribution in [0.4, 0.5) is 0 Å². The third-order valence-electron chi connectivity index (χ3n) is 3.88. The van der Waals surface area contributed by atoms with Gasteiger partial charge >= 0.3 is 0 Å². The Bertz CT molecular complexity index is 422. The average Bonchev–Trinajstić information content (AvgIpc) is 2.55. The van der Waals surface area contributed by atoms with Crippen LogP contribution in [0, 0.1) is 0 Å². The molecule has 0 fully saturated rings. The van der Waals surface area contributed by atoms with Gasteiger partial charge in [0.05, 0.1) is 5.38 Å². The molecule has 2 N–H and O–H groups in total. The number of nitrogens with zero attached hydrogens (tertiary/aromatic N) is 1. The molecule has 0 saturated carbocycles. The molecule has 0 saturated heterocycles. The predicted molar refractivity (Wildman–Crippen MR) is 93.0 cm³/mol. The van der Waals surface area contributed by atoms with Gasteiger partial charge in [0.25, 0.3) is 0 Å². The van der Waals surface area contributed by atoms with Gasteiger partial charge in [-0.15, -0.1) is 11.6 Å². The number of hydrogen-bond acceptors (Lipinski definition) is 3. The number of hydrogen-bond donors (Lipinski definition) is 2. The third kappa shape index (κ3) is 6.80. The highest BCUT2D eigenvalue weighted by Crippen LogP contribution is 2.18. The Labute approximate surface area is 139 Å². The van der Waals surface area contributed by atoms with E-state index in [9.17, 15) is 5.11 Å². The molecular formula is C18H28ClNO2. The predicted octanol–water partition coefficient (Wildman–Crippen LogP) is 4.97. The van der Waals surface area contributed by atoms with Gasteiger partial charge in [0.2, 0.25) is 0 Å². The van der Waals surface area contributed by atoms with Crippen LogP contribution in [0.15, 0.2) is 35.5 Å². The third-order valence-corrected chi connectivity index (χ3v) is 4.34. The summed E-state index contributed by atoms with van der Waals surface area (Å²) in [5.74, 6) is 0. The van der Waals surface area contributed by atoms with Crippen LogP contribution in [-0.2, 0) is 0 Å². The molecule has 0 bridgehead atoms. The Hall–Kier alpha value is -1.06. The summed E-state index contributed by atoms with van der Waals surface area (Å²) in [7, 11) is 0. The summed E-state index contributed by atoms with van der Waals surface area (Å²) in [4.78, 5) is 0. The monoisotopic (exact) mass is 325 g/mol. The topological polar surface area (TPSA) is 52.8 Å². The van der Waals surface area contributed by atoms with Gasteiger partial charge in [-0.2, -0.15) is 0 Å². The molecule has 0 aliphatic rings. The maximum absolute atomic E-state index is 10.3. The van der Waals surface area contributed by atoms with Crippen LogP contribution in [0.3, 0.4) is 0 Å². The van der Waals surface area contributed by atoms with Crippen LogP contribution in [-0.4, -0.2) is 27.5 Å². The number of alkyl halides is 1. The first-order valence-corrected chi connectivity index (χ1v) is 8.73. The van der Waals surface area contributed by atoms with Crippen molar-refractivity contribution in [2.45, 2.75) is 69.8 Å². The van der Waals surface area contributed by atoms with Crippen molar-refractivity contribution < 1.29 is 10.3 Å². The maximum Gasteiger partial charge on any atom is 0.117 e. The lowest BCUT2D eigenvalue weighted by Crippen LogP contribution is -2.31. The fraction of sp³-hybridized carbons (Fsp3) is 0.611. The fourth-order valence-corrected chi connectivity index (χ4v) is 2.80. The van der Waals surface area contributed by atoms with Gasteiger partial charge in [-0.05, 0) is 6.42 Å². The second kappa shape index (κ2) is 11.5. The Kier molecular flexibility index (Phi) is 9.93. The highest BCUT2D eigenvalue weighted by atomic mass is 35.5. The molecule has 0 spiro atoms. The summed E-state index contributed by atoms with van der Waals surface area (Å²) in [6.07, 6.45) is 8.27. The maximum atomic E-state index is 10.3. The van der Waals surface area contributed by atoms with E-state index in [0.717, 1.165) is 19.3 Å². The van der Waals surface area contributed by atoms with Crippen LogP contribution >= 0.6 is 11.6 Å². The lowest BCUT2D eigenvalue weighted by molar-refractivity contribution is 0.220. The second-order valence-electron chi connectivity index (χ2n) is 5.72. The van der Waals surface area contributed by atoms with E-state index in [1.165, 1.54) is 32.1 Å². The van der Waals surface area contributed by atoms with Gasteiger partial charge in [0, 0.05) is 5.56 Å². The number of benzene rings is 1. The van der Waals surface area contributed by atoms with Crippen LogP contribution < -0.4 is 0 Å². The summed E-state index contributed by atoms with van der Waals surface area (Å²) in [6, 6.07) is 9.16. The van der Waals surface area contributed by atoms with Crippen molar-refractivity contribution in [3.8, 4) is 0 Å². The summed E-state index contributed by atoms with van der Waals surface area (Å²) < 4.78 is 0. The SMILES string of the molecule is CCCCCCCCCC(Cl)C(O)C(=NO)c1ccccc1. The molecule has 4 heteroatoms. The van der Waals surface area contributed by atoms with Crippen LogP contribution in [0.1, 0.15) is 63.9 Å². The minimum Gasteiger partial charge on any atom is -0.411 e. The molecule has 1 rings (SSSR count). The zero-order valence-corrected chi connectivity index (χ0v) is 14.2. The largest absolute Gasteiger partial charge is 0.411 e. The Morgan fingerprint density at radius 2 is 1.64 bits per heavy atom. The van der Waals surface area contributed by atoms with Gasteiger partial charge in [0.1, 0.15) is 11.8 Å². The van der Waals surface area contributed by atoms with Crippen molar-refractivity contribution in [2.24, 2.45) is 5.16 Å². The molecule has 2 unspecified atom stereocenters. The summed E-state index contributed by atoms with van der Waals surface area (Å²) in [5.41, 5.74) is 0.936. The quantitative estimate of drug-likeness (QED) is 0.198. The number of aliphatic hydroxyl groups is 1. The van der Waals surface area contributed by atoms with E-state index in [2.05, 4.69) is 12.1 Å². The first-order chi connectivity index (χ1) is 10.7. The van der Waals surface area contributed by atoms with Gasteiger partial charge in [0.15, 0.2) is 0 Å². The normalized spacial score (nSPS) is 14.8. The summed E-state index contributed by atoms with van der Waals surface area (Å²) >= 11 is 6.28. The molecule has 1 aromatic rings. The first-order valence-electron chi connectivity index (χ1n) is 8.30. The summed E-state index contributed by atoms with van der Waals surface area (Å²) in [5, 5.41) is 22.3. The Morgan fingerprint density at radius 1 is 1.05 bits per heavy atom. The zero-order chi connectivity index (χ0) is 16.2. The molecule has 124 valence electrons. The van der Waals surface area contributed by atoms with Crippen molar-refractivity contribution in [1.82, 2.24) is 0 Å². The van der Waals surface area contributed by atoms with E-state index in [1.54, 1.807) is 12.1 Å². The van der Waals surface area contributed by atoms with Gasteiger partial charge in [-0.1, -0.05) is 87.4 Å². The molecule has 0 aromatic heterocycles. The minimum absolute atomic E-state index is 0.239. The molecule has 0 amide bonds. The highest BCUT2D eigenvalue weighted by Gasteiger charge is 2.23. The van der Waals surface area contributed by atoms with E-state index in [0.29, 0.717) is 5.56 Å². The zero-order valence-electron chi connectivity index (χ0n) is 13.4. The molecule has 0 radical (unpaired) electrons. The molecule has 0 heterocycles. The van der Waals surface area contributed by atoms with Gasteiger partial charge in [-0.25, -0.2) is 0 Å². The smallest absolute Gasteiger partial charge is 0.117 e. The molecule has 2 atom stereocenters. The minimum atomic E-state index is -0.950. The summed E-state index contributed by atoms with van der Waals surface area (Å²) in [6.45, 7) is 2.21. The Balaban J connectivity index is 2.33. The second-order valence-corrected chi connectivity index (χ2v) is 6.28. The van der Waals surface area contributed by atoms with Crippen molar-refractivity contribution in [3.05, 3.63) is 35.9 Å². The Morgan fingerprint density at radius 3 is 2.23 bits per heavy atom. The molecule has 1 aromatic carbocycles. The number of oxime groups is 1. The molecule has 0 aliphatic heterocycles. The van der Waals surface area contributed by atoms with Crippen LogP contribution in [0.25, 0.3) is 0 Å². The lowest BCUT2D eigenvalue weighted by Gasteiger charge is -2.18. The average molecular weight is 326 g/mol. The molecule has 22 heavy (non-hydrogen) atoms. The van der Waals surface area contributed by atoms with Crippen molar-refractivity contribution in [3.63, 3.8) is 0 Å². The lowest BCUT2D eigenvalue weighted by atomic mass is 9.99. The molecular weight excluding hydrogens is 298 g/mol. The number of aliphatic hydroxyl groups excluding tert-OH is 1. The van der Waals surface area contributed by atoms with E-state index in [-0.39, 0.29) is 5.71 Å². The fourth-order valence-electron chi connectivity index (χ4n) is 2.52. The van der Waals surface area contributed by atoms with Gasteiger partial charge < -0.3 is 10.3 Å². The van der Waals surface area contributed by atoms with Gasteiger partial charge in [-0.3, -0.25) is 0 Å². The van der Waals surface area contributed by atoms with E-state index in [1.807, 2.05) is 18.2 Å². The van der Waals surface area contributed by atoms with Crippen molar-refractivity contribution >= 4 is 17.3 Å². The first kappa shape index (κ1) is 19.0. The number of halogens is 1. The van der Waals surface area contributed by atoms with E-state index >= 15 is 0 Å². The van der Waals surface area contributed by atoms with Crippen molar-refractivity contribution in [2.75, 3.05) is 0 Å². The molecule has 3 nitrogen and oxygen atoms in total. The van der Waals surface area contributed by atoms with Crippen LogP contribution in [0.2, 0.25) is 0 Å². The van der Waals surface area contributed by atoms with E-state index < -0.39 is 11.5 Å². The van der Waals surface area contributed by atoms with Crippen molar-refractivity contribution in [1.29, 1.82) is 0 Å². The van der Waals surface area contributed by atoms with Crippen LogP contribution in [0.5, 0.6) is 0 Å². The standard InChI is InChI=1S/C18H28ClNO2/c1-2-3-4-5-6-7-11-14-16(19)18(21)17(20-22)15-12-9-8-10-13-15/h8-10,12-13,16,18,21-22H,2-7,11,14H2,1H3. The number of rotatable bonds is 11. The highest BCUT2D eigenvalue weighted by molar-refractivity contribution is 6.24. The number of unbranched alkanes of at least 4 members (excludes halogenated alkanes) is 6. The molecule has 0 aliphatic carbocycles.